The molecule has 0 aromatic heterocycles. The summed E-state index contributed by atoms with van der Waals surface area (Å²) in [5.41, 5.74) is -0.550. The molecular weight excluding hydrogens is 410 g/mol. The summed E-state index contributed by atoms with van der Waals surface area (Å²) in [6, 6.07) is 7.68. The molecule has 0 saturated heterocycles. The van der Waals surface area contributed by atoms with Gasteiger partial charge >= 0.3 is 5.97 Å². The Kier molecular flexibility index (Phi) is 5.95. The van der Waals surface area contributed by atoms with E-state index in [0.717, 1.165) is 17.0 Å². The van der Waals surface area contributed by atoms with Gasteiger partial charge in [0.05, 0.1) is 28.8 Å². The number of rotatable bonds is 7. The minimum Gasteiger partial charge on any atom is -0.506 e. The standard InChI is InChI=1S/C20H17N3O8/c1-31-20(28)11-7-8-13(15(24)10-11)21-16(25)6-3-9-22-18(26)12-4-2-5-14(23(29)30)17(12)19(22)27/h2,4-5,7-8,10,24H,3,6,9H2,1H3,(H,21,25). The second-order valence-electron chi connectivity index (χ2n) is 6.59. The van der Waals surface area contributed by atoms with E-state index >= 15 is 0 Å². The number of hydrogen-bond donors (Lipinski definition) is 2. The van der Waals surface area contributed by atoms with Gasteiger partial charge in [0.2, 0.25) is 5.91 Å². The molecule has 2 aromatic rings. The van der Waals surface area contributed by atoms with Crippen molar-refractivity contribution in [2.75, 3.05) is 19.0 Å². The third kappa shape index (κ3) is 4.20. The van der Waals surface area contributed by atoms with Crippen LogP contribution in [0.5, 0.6) is 5.75 Å². The van der Waals surface area contributed by atoms with Crippen molar-refractivity contribution in [2.45, 2.75) is 12.8 Å². The van der Waals surface area contributed by atoms with E-state index in [2.05, 4.69) is 10.1 Å². The molecule has 0 saturated carbocycles. The van der Waals surface area contributed by atoms with Gasteiger partial charge in [-0.1, -0.05) is 6.07 Å². The number of ether oxygens (including phenoxy) is 1. The number of nitrogens with one attached hydrogen (secondary N) is 1. The lowest BCUT2D eigenvalue weighted by atomic mass is 10.1. The number of imide groups is 1. The molecule has 3 amide bonds. The highest BCUT2D eigenvalue weighted by molar-refractivity contribution is 6.23. The van der Waals surface area contributed by atoms with Crippen molar-refractivity contribution in [1.29, 1.82) is 0 Å². The van der Waals surface area contributed by atoms with E-state index in [0.29, 0.717) is 0 Å². The fourth-order valence-electron chi connectivity index (χ4n) is 3.16. The summed E-state index contributed by atoms with van der Waals surface area (Å²) in [7, 11) is 1.20. The number of nitrogens with zero attached hydrogens (tertiary/aromatic N) is 2. The van der Waals surface area contributed by atoms with Gasteiger partial charge in [-0.05, 0) is 30.7 Å². The lowest BCUT2D eigenvalue weighted by molar-refractivity contribution is -0.385. The topological polar surface area (TPSA) is 156 Å². The predicted molar refractivity (Wildman–Crippen MR) is 106 cm³/mol. The van der Waals surface area contributed by atoms with Gasteiger partial charge in [0.1, 0.15) is 11.3 Å². The number of amides is 3. The summed E-state index contributed by atoms with van der Waals surface area (Å²) in [5, 5.41) is 23.5. The number of carbonyl (C=O) groups is 4. The molecule has 0 bridgehead atoms. The highest BCUT2D eigenvalue weighted by Crippen LogP contribution is 2.31. The number of fused-ring (bicyclic) bond motifs is 1. The smallest absolute Gasteiger partial charge is 0.337 e. The molecule has 3 rings (SSSR count). The number of nitro benzene ring substituents is 1. The Hall–Kier alpha value is -4.28. The Morgan fingerprint density at radius 1 is 1.19 bits per heavy atom. The molecule has 11 nitrogen and oxygen atoms in total. The monoisotopic (exact) mass is 427 g/mol. The predicted octanol–water partition coefficient (Wildman–Crippen LogP) is 2.10. The van der Waals surface area contributed by atoms with Crippen LogP contribution in [0.15, 0.2) is 36.4 Å². The highest BCUT2D eigenvalue weighted by Gasteiger charge is 2.40. The number of aromatic hydroxyl groups is 1. The largest absolute Gasteiger partial charge is 0.506 e. The molecule has 0 radical (unpaired) electrons. The third-order valence-electron chi connectivity index (χ3n) is 4.65. The number of anilines is 1. The second-order valence-corrected chi connectivity index (χ2v) is 6.59. The molecule has 1 aliphatic rings. The number of methoxy groups -OCH3 is 1. The molecule has 0 atom stereocenters. The number of hydrogen-bond acceptors (Lipinski definition) is 8. The lowest BCUT2D eigenvalue weighted by Gasteiger charge is -2.13. The highest BCUT2D eigenvalue weighted by atomic mass is 16.6. The zero-order valence-electron chi connectivity index (χ0n) is 16.3. The summed E-state index contributed by atoms with van der Waals surface area (Å²) in [4.78, 5) is 59.8. The van der Waals surface area contributed by atoms with Gasteiger partial charge in [-0.2, -0.15) is 0 Å². The van der Waals surface area contributed by atoms with Gasteiger partial charge in [0.15, 0.2) is 0 Å². The third-order valence-corrected chi connectivity index (χ3v) is 4.65. The summed E-state index contributed by atoms with van der Waals surface area (Å²) in [6.45, 7) is -0.107. The van der Waals surface area contributed by atoms with Gasteiger partial charge in [-0.3, -0.25) is 29.4 Å². The minimum atomic E-state index is -0.774. The van der Waals surface area contributed by atoms with Crippen molar-refractivity contribution in [1.82, 2.24) is 4.90 Å². The van der Waals surface area contributed by atoms with E-state index in [1.807, 2.05) is 0 Å². The molecule has 1 aliphatic heterocycles. The van der Waals surface area contributed by atoms with E-state index in [-0.39, 0.29) is 47.5 Å². The molecule has 0 unspecified atom stereocenters. The summed E-state index contributed by atoms with van der Waals surface area (Å²) in [5.74, 6) is -2.90. The van der Waals surface area contributed by atoms with Crippen LogP contribution >= 0.6 is 0 Å². The van der Waals surface area contributed by atoms with E-state index in [9.17, 15) is 34.4 Å². The Morgan fingerprint density at radius 3 is 2.58 bits per heavy atom. The molecular formula is C20H17N3O8. The second kappa shape index (κ2) is 8.61. The van der Waals surface area contributed by atoms with Crippen LogP contribution in [0.2, 0.25) is 0 Å². The zero-order valence-corrected chi connectivity index (χ0v) is 16.3. The number of esters is 1. The van der Waals surface area contributed by atoms with Crippen LogP contribution in [0.4, 0.5) is 11.4 Å². The number of phenols is 1. The van der Waals surface area contributed by atoms with Gasteiger partial charge in [0, 0.05) is 19.0 Å². The van der Waals surface area contributed by atoms with Gasteiger partial charge in [0.25, 0.3) is 17.5 Å². The van der Waals surface area contributed by atoms with Gasteiger partial charge in [-0.15, -0.1) is 0 Å². The first-order chi connectivity index (χ1) is 14.7. The molecule has 2 aromatic carbocycles. The molecule has 160 valence electrons. The van der Waals surface area contributed by atoms with Crippen molar-refractivity contribution in [2.24, 2.45) is 0 Å². The normalized spacial score (nSPS) is 12.5. The summed E-state index contributed by atoms with van der Waals surface area (Å²) >= 11 is 0. The van der Waals surface area contributed by atoms with Gasteiger partial charge in [-0.25, -0.2) is 4.79 Å². The number of phenolic OH excluding ortho intramolecular Hbond substituents is 1. The maximum atomic E-state index is 12.5. The lowest BCUT2D eigenvalue weighted by Crippen LogP contribution is -2.31. The van der Waals surface area contributed by atoms with E-state index in [1.165, 1.54) is 31.4 Å². The molecule has 0 fully saturated rings. The molecule has 31 heavy (non-hydrogen) atoms. The van der Waals surface area contributed by atoms with Crippen LogP contribution in [-0.4, -0.2) is 52.3 Å². The Labute approximate surface area is 175 Å². The average molecular weight is 427 g/mol. The fourth-order valence-corrected chi connectivity index (χ4v) is 3.16. The average Bonchev–Trinajstić information content (AvgIpc) is 2.99. The first-order valence-corrected chi connectivity index (χ1v) is 9.09. The van der Waals surface area contributed by atoms with Crippen LogP contribution in [0.1, 0.15) is 43.9 Å². The molecule has 1 heterocycles. The van der Waals surface area contributed by atoms with Crippen molar-refractivity contribution in [3.8, 4) is 5.75 Å². The molecule has 0 aliphatic carbocycles. The van der Waals surface area contributed by atoms with Crippen LogP contribution in [0, 0.1) is 10.1 Å². The number of carbonyl (C=O) groups excluding carboxylic acids is 4. The van der Waals surface area contributed by atoms with Crippen LogP contribution in [-0.2, 0) is 9.53 Å². The minimum absolute atomic E-state index is 0.0423. The Morgan fingerprint density at radius 2 is 1.94 bits per heavy atom. The van der Waals surface area contributed by atoms with Crippen LogP contribution < -0.4 is 5.32 Å². The van der Waals surface area contributed by atoms with Crippen molar-refractivity contribution >= 4 is 35.1 Å². The fraction of sp³-hybridized carbons (Fsp3) is 0.200. The zero-order chi connectivity index (χ0) is 22.7. The van der Waals surface area contributed by atoms with E-state index in [4.69, 9.17) is 0 Å². The van der Waals surface area contributed by atoms with Crippen LogP contribution in [0.3, 0.4) is 0 Å². The van der Waals surface area contributed by atoms with Crippen molar-refractivity contribution in [3.05, 3.63) is 63.2 Å². The molecule has 2 N–H and O–H groups in total. The van der Waals surface area contributed by atoms with Gasteiger partial charge < -0.3 is 15.2 Å². The van der Waals surface area contributed by atoms with Crippen molar-refractivity contribution < 1.29 is 33.9 Å². The first kappa shape index (κ1) is 21.4. The maximum absolute atomic E-state index is 12.5. The van der Waals surface area contributed by atoms with E-state index < -0.39 is 34.3 Å². The Balaban J connectivity index is 1.60. The van der Waals surface area contributed by atoms with E-state index in [1.54, 1.807) is 0 Å². The maximum Gasteiger partial charge on any atom is 0.337 e. The Bertz CT molecular complexity index is 1110. The summed E-state index contributed by atoms with van der Waals surface area (Å²) in [6.07, 6.45) is 0.0137. The van der Waals surface area contributed by atoms with Crippen LogP contribution in [0.25, 0.3) is 0 Å². The first-order valence-electron chi connectivity index (χ1n) is 9.09. The number of nitro groups is 1. The number of benzene rings is 2. The quantitative estimate of drug-likeness (QED) is 0.224. The summed E-state index contributed by atoms with van der Waals surface area (Å²) < 4.78 is 4.54. The SMILES string of the molecule is COC(=O)c1ccc(NC(=O)CCCN2C(=O)c3cccc([N+](=O)[O-])c3C2=O)c(O)c1. The van der Waals surface area contributed by atoms with Crippen molar-refractivity contribution in [3.63, 3.8) is 0 Å². The molecule has 0 spiro atoms. The molecule has 11 heteroatoms.